The standard InChI is InChI=1S/C6H14N2O/c7-5-3-1-2-4-6(5)8-9/h5-6,8-9H,1-4,7H2/t5-,6+/m0/s1. The summed E-state index contributed by atoms with van der Waals surface area (Å²) in [6.07, 6.45) is 4.45. The second kappa shape index (κ2) is 3.15. The van der Waals surface area contributed by atoms with Crippen LogP contribution in [0.5, 0.6) is 0 Å². The van der Waals surface area contributed by atoms with Crippen LogP contribution in [0.15, 0.2) is 0 Å². The Bertz CT molecular complexity index is 87.1. The van der Waals surface area contributed by atoms with Crippen LogP contribution in [-0.2, 0) is 0 Å². The lowest BCUT2D eigenvalue weighted by molar-refractivity contribution is 0.0966. The van der Waals surface area contributed by atoms with E-state index in [1.165, 1.54) is 12.8 Å². The maximum Gasteiger partial charge on any atom is 0.0470 e. The van der Waals surface area contributed by atoms with Gasteiger partial charge in [0.25, 0.3) is 0 Å². The number of nitrogens with one attached hydrogen (secondary N) is 1. The smallest absolute Gasteiger partial charge is 0.0470 e. The molecule has 4 N–H and O–H groups in total. The van der Waals surface area contributed by atoms with Crippen molar-refractivity contribution in [2.24, 2.45) is 5.73 Å². The summed E-state index contributed by atoms with van der Waals surface area (Å²) in [7, 11) is 0. The summed E-state index contributed by atoms with van der Waals surface area (Å²) in [6, 6.07) is 0.294. The minimum absolute atomic E-state index is 0.138. The summed E-state index contributed by atoms with van der Waals surface area (Å²) >= 11 is 0. The summed E-state index contributed by atoms with van der Waals surface area (Å²) in [4.78, 5) is 0. The molecule has 0 bridgehead atoms. The van der Waals surface area contributed by atoms with Gasteiger partial charge in [0.1, 0.15) is 0 Å². The first-order valence-electron chi connectivity index (χ1n) is 3.50. The van der Waals surface area contributed by atoms with E-state index >= 15 is 0 Å². The van der Waals surface area contributed by atoms with Crippen LogP contribution in [0.4, 0.5) is 0 Å². The molecule has 1 aliphatic carbocycles. The summed E-state index contributed by atoms with van der Waals surface area (Å²) in [5, 5.41) is 8.53. The molecule has 0 unspecified atom stereocenters. The third-order valence-corrected chi connectivity index (χ3v) is 1.99. The average Bonchev–Trinajstić information content (AvgIpc) is 1.89. The Kier molecular flexibility index (Phi) is 2.45. The van der Waals surface area contributed by atoms with Gasteiger partial charge in [-0.3, -0.25) is 0 Å². The molecule has 3 heteroatoms. The molecule has 1 saturated carbocycles. The first kappa shape index (κ1) is 6.99. The van der Waals surface area contributed by atoms with Crippen molar-refractivity contribution in [3.8, 4) is 0 Å². The van der Waals surface area contributed by atoms with Gasteiger partial charge in [-0.05, 0) is 12.8 Å². The van der Waals surface area contributed by atoms with Crippen LogP contribution >= 0.6 is 0 Å². The molecule has 54 valence electrons. The maximum atomic E-state index is 8.53. The van der Waals surface area contributed by atoms with Crippen LogP contribution in [0, 0.1) is 0 Å². The second-order valence-corrected chi connectivity index (χ2v) is 2.68. The van der Waals surface area contributed by atoms with E-state index in [0.717, 1.165) is 12.8 Å². The third kappa shape index (κ3) is 1.64. The Morgan fingerprint density at radius 2 is 2.00 bits per heavy atom. The minimum atomic E-state index is 0.138. The lowest BCUT2D eigenvalue weighted by Crippen LogP contribution is -2.45. The van der Waals surface area contributed by atoms with E-state index in [4.69, 9.17) is 10.9 Å². The van der Waals surface area contributed by atoms with Crippen molar-refractivity contribution in [2.75, 3.05) is 0 Å². The quantitative estimate of drug-likeness (QED) is 0.445. The summed E-state index contributed by atoms with van der Waals surface area (Å²) < 4.78 is 0. The topological polar surface area (TPSA) is 58.3 Å². The van der Waals surface area contributed by atoms with Gasteiger partial charge in [-0.25, -0.2) is 5.48 Å². The monoisotopic (exact) mass is 130 g/mol. The Morgan fingerprint density at radius 3 is 2.44 bits per heavy atom. The first-order valence-corrected chi connectivity index (χ1v) is 3.50. The highest BCUT2D eigenvalue weighted by Crippen LogP contribution is 2.15. The highest BCUT2D eigenvalue weighted by atomic mass is 16.5. The fourth-order valence-corrected chi connectivity index (χ4v) is 1.32. The Hall–Kier alpha value is -0.120. The maximum absolute atomic E-state index is 8.53. The molecular formula is C6H14N2O. The van der Waals surface area contributed by atoms with Crippen molar-refractivity contribution in [3.63, 3.8) is 0 Å². The first-order chi connectivity index (χ1) is 4.34. The van der Waals surface area contributed by atoms with Crippen molar-refractivity contribution in [3.05, 3.63) is 0 Å². The third-order valence-electron chi connectivity index (χ3n) is 1.99. The zero-order chi connectivity index (χ0) is 6.69. The van der Waals surface area contributed by atoms with Crippen LogP contribution in [0.25, 0.3) is 0 Å². The van der Waals surface area contributed by atoms with Gasteiger partial charge in [0.05, 0.1) is 0 Å². The molecule has 0 aromatic carbocycles. The van der Waals surface area contributed by atoms with Crippen molar-refractivity contribution < 1.29 is 5.21 Å². The highest BCUT2D eigenvalue weighted by molar-refractivity contribution is 4.80. The molecule has 0 aromatic heterocycles. The molecule has 1 aliphatic rings. The van der Waals surface area contributed by atoms with Crippen LogP contribution in [0.1, 0.15) is 25.7 Å². The van der Waals surface area contributed by atoms with E-state index in [2.05, 4.69) is 5.48 Å². The van der Waals surface area contributed by atoms with E-state index in [-0.39, 0.29) is 12.1 Å². The SMILES string of the molecule is N[C@H]1CCCC[C@H]1NO. The largest absolute Gasteiger partial charge is 0.326 e. The normalized spacial score (nSPS) is 36.7. The second-order valence-electron chi connectivity index (χ2n) is 2.68. The molecule has 0 aliphatic heterocycles. The molecule has 9 heavy (non-hydrogen) atoms. The predicted octanol–water partition coefficient (Wildman–Crippen LogP) is 0.235. The highest BCUT2D eigenvalue weighted by Gasteiger charge is 2.19. The number of rotatable bonds is 1. The van der Waals surface area contributed by atoms with Crippen molar-refractivity contribution in [1.82, 2.24) is 5.48 Å². The van der Waals surface area contributed by atoms with Crippen molar-refractivity contribution in [2.45, 2.75) is 37.8 Å². The van der Waals surface area contributed by atoms with Crippen LogP contribution in [-0.4, -0.2) is 17.3 Å². The van der Waals surface area contributed by atoms with Gasteiger partial charge in [-0.15, -0.1) is 0 Å². The Labute approximate surface area is 55.2 Å². The van der Waals surface area contributed by atoms with Crippen LogP contribution < -0.4 is 11.2 Å². The zero-order valence-corrected chi connectivity index (χ0v) is 5.51. The van der Waals surface area contributed by atoms with Crippen molar-refractivity contribution >= 4 is 0 Å². The van der Waals surface area contributed by atoms with Crippen LogP contribution in [0.2, 0.25) is 0 Å². The Morgan fingerprint density at radius 1 is 1.33 bits per heavy atom. The van der Waals surface area contributed by atoms with Gasteiger partial charge < -0.3 is 10.9 Å². The summed E-state index contributed by atoms with van der Waals surface area (Å²) in [5.74, 6) is 0. The molecule has 1 fully saturated rings. The zero-order valence-electron chi connectivity index (χ0n) is 5.51. The number of hydrogen-bond acceptors (Lipinski definition) is 3. The molecule has 2 atom stereocenters. The average molecular weight is 130 g/mol. The van der Waals surface area contributed by atoms with E-state index in [1.807, 2.05) is 0 Å². The number of nitrogens with two attached hydrogens (primary N) is 1. The van der Waals surface area contributed by atoms with Crippen LogP contribution in [0.3, 0.4) is 0 Å². The predicted molar refractivity (Wildman–Crippen MR) is 35.2 cm³/mol. The van der Waals surface area contributed by atoms with E-state index in [0.29, 0.717) is 0 Å². The summed E-state index contributed by atoms with van der Waals surface area (Å²) in [5.41, 5.74) is 7.90. The number of hydroxylamine groups is 1. The minimum Gasteiger partial charge on any atom is -0.326 e. The van der Waals surface area contributed by atoms with Gasteiger partial charge in [0.15, 0.2) is 0 Å². The lowest BCUT2D eigenvalue weighted by Gasteiger charge is -2.26. The van der Waals surface area contributed by atoms with Gasteiger partial charge in [0, 0.05) is 12.1 Å². The number of hydrogen-bond donors (Lipinski definition) is 3. The van der Waals surface area contributed by atoms with Gasteiger partial charge in [-0.2, -0.15) is 0 Å². The van der Waals surface area contributed by atoms with E-state index in [1.54, 1.807) is 0 Å². The van der Waals surface area contributed by atoms with E-state index in [9.17, 15) is 0 Å². The fourth-order valence-electron chi connectivity index (χ4n) is 1.32. The molecule has 0 spiro atoms. The molecule has 0 heterocycles. The lowest BCUT2D eigenvalue weighted by atomic mass is 9.92. The van der Waals surface area contributed by atoms with E-state index < -0.39 is 0 Å². The molecule has 3 nitrogen and oxygen atoms in total. The summed E-state index contributed by atoms with van der Waals surface area (Å²) in [6.45, 7) is 0. The molecule has 0 amide bonds. The fraction of sp³-hybridized carbons (Fsp3) is 1.00. The molecule has 0 saturated heterocycles. The van der Waals surface area contributed by atoms with Crippen molar-refractivity contribution in [1.29, 1.82) is 0 Å². The van der Waals surface area contributed by atoms with Gasteiger partial charge >= 0.3 is 0 Å². The molecule has 1 rings (SSSR count). The van der Waals surface area contributed by atoms with Gasteiger partial charge in [-0.1, -0.05) is 12.8 Å². The Balaban J connectivity index is 2.30. The molecular weight excluding hydrogens is 116 g/mol. The van der Waals surface area contributed by atoms with Gasteiger partial charge in [0.2, 0.25) is 0 Å². The molecule has 0 radical (unpaired) electrons. The molecule has 0 aromatic rings.